The van der Waals surface area contributed by atoms with E-state index in [1.54, 1.807) is 0 Å². The molecule has 3 rings (SSSR count). The minimum atomic E-state index is 0.816. The molecule has 0 amide bonds. The van der Waals surface area contributed by atoms with Crippen molar-refractivity contribution < 1.29 is 0 Å². The Morgan fingerprint density at radius 1 is 0.957 bits per heavy atom. The fourth-order valence-corrected chi connectivity index (χ4v) is 2.80. The van der Waals surface area contributed by atoms with Crippen LogP contribution >= 0.6 is 15.9 Å². The molecule has 0 saturated carbocycles. The molecule has 3 heteroatoms. The lowest BCUT2D eigenvalue weighted by Crippen LogP contribution is -2.04. The van der Waals surface area contributed by atoms with Crippen molar-refractivity contribution in [2.24, 2.45) is 0 Å². The molecule has 3 aromatic rings. The molecule has 2 nitrogen and oxygen atoms in total. The highest BCUT2D eigenvalue weighted by molar-refractivity contribution is 9.10. The molecule has 1 aromatic heterocycles. The zero-order chi connectivity index (χ0) is 16.8. The van der Waals surface area contributed by atoms with Crippen molar-refractivity contribution in [2.75, 3.05) is 0 Å². The first kappa shape index (κ1) is 17.5. The van der Waals surface area contributed by atoms with E-state index in [4.69, 9.17) is 0 Å². The molecule has 120 valence electrons. The largest absolute Gasteiger partial charge is 0.324 e. The molecule has 0 saturated heterocycles. The minimum Gasteiger partial charge on any atom is -0.324 e. The van der Waals surface area contributed by atoms with Crippen molar-refractivity contribution in [3.63, 3.8) is 0 Å². The summed E-state index contributed by atoms with van der Waals surface area (Å²) >= 11 is 3.62. The summed E-state index contributed by atoms with van der Waals surface area (Å²) in [6, 6.07) is 16.8. The van der Waals surface area contributed by atoms with E-state index in [1.165, 1.54) is 16.8 Å². The van der Waals surface area contributed by atoms with Crippen LogP contribution in [0.2, 0.25) is 0 Å². The van der Waals surface area contributed by atoms with Gasteiger partial charge in [0.2, 0.25) is 0 Å². The average molecular weight is 371 g/mol. The van der Waals surface area contributed by atoms with Gasteiger partial charge in [0.05, 0.1) is 6.54 Å². The maximum atomic E-state index is 4.59. The van der Waals surface area contributed by atoms with Gasteiger partial charge in [-0.3, -0.25) is 0 Å². The predicted octanol–water partition coefficient (Wildman–Crippen LogP) is 6.00. The molecule has 0 spiro atoms. The third-order valence-corrected chi connectivity index (χ3v) is 4.42. The summed E-state index contributed by atoms with van der Waals surface area (Å²) < 4.78 is 3.39. The molecule has 0 bridgehead atoms. The maximum absolute atomic E-state index is 4.59. The summed E-state index contributed by atoms with van der Waals surface area (Å²) in [6.07, 6.45) is 1.94. The van der Waals surface area contributed by atoms with Gasteiger partial charge in [0.25, 0.3) is 0 Å². The van der Waals surface area contributed by atoms with Crippen molar-refractivity contribution in [3.8, 4) is 11.4 Å². The molecule has 2 aromatic carbocycles. The van der Waals surface area contributed by atoms with Gasteiger partial charge in [-0.25, -0.2) is 4.98 Å². The third-order valence-electron chi connectivity index (χ3n) is 3.65. The fraction of sp³-hybridized carbons (Fsp3) is 0.250. The van der Waals surface area contributed by atoms with Gasteiger partial charge < -0.3 is 4.57 Å². The van der Waals surface area contributed by atoms with Crippen LogP contribution in [0.3, 0.4) is 0 Å². The Kier molecular flexibility index (Phi) is 6.17. The molecular formula is C20H23BrN2. The van der Waals surface area contributed by atoms with Crippen molar-refractivity contribution in [3.05, 3.63) is 76.0 Å². The Labute approximate surface area is 147 Å². The summed E-state index contributed by atoms with van der Waals surface area (Å²) in [5.74, 6) is 1.02. The number of hydrogen-bond donors (Lipinski definition) is 0. The van der Waals surface area contributed by atoms with Crippen molar-refractivity contribution >= 4 is 15.9 Å². The Balaban J connectivity index is 0.000000924. The summed E-state index contributed by atoms with van der Waals surface area (Å²) in [5.41, 5.74) is 4.84. The number of imidazole rings is 1. The molecule has 0 unspecified atom stereocenters. The standard InChI is InChI=1S/C18H17BrN2.C2H6/c1-13-7-9-15(10-8-13)18-20-11-14(2)21(18)12-16-5-3-4-6-17(16)19;1-2/h3-11H,12H2,1-2H3;1-2H3. The van der Waals surface area contributed by atoms with Gasteiger partial charge in [0.15, 0.2) is 0 Å². The van der Waals surface area contributed by atoms with Gasteiger partial charge in [0.1, 0.15) is 5.82 Å². The van der Waals surface area contributed by atoms with Gasteiger partial charge in [-0.1, -0.05) is 77.8 Å². The minimum absolute atomic E-state index is 0.816. The van der Waals surface area contributed by atoms with E-state index < -0.39 is 0 Å². The highest BCUT2D eigenvalue weighted by Crippen LogP contribution is 2.24. The van der Waals surface area contributed by atoms with Crippen LogP contribution in [0.5, 0.6) is 0 Å². The zero-order valence-electron chi connectivity index (χ0n) is 14.2. The molecule has 0 aliphatic carbocycles. The first-order chi connectivity index (χ1) is 11.1. The van der Waals surface area contributed by atoms with E-state index in [0.29, 0.717) is 0 Å². The molecule has 0 radical (unpaired) electrons. The van der Waals surface area contributed by atoms with Crippen LogP contribution in [-0.4, -0.2) is 9.55 Å². The lowest BCUT2D eigenvalue weighted by Gasteiger charge is -2.12. The molecule has 0 aliphatic rings. The van der Waals surface area contributed by atoms with E-state index in [1.807, 2.05) is 26.1 Å². The van der Waals surface area contributed by atoms with E-state index in [2.05, 4.69) is 81.8 Å². The van der Waals surface area contributed by atoms with Gasteiger partial charge in [-0.05, 0) is 25.5 Å². The topological polar surface area (TPSA) is 17.8 Å². The summed E-state index contributed by atoms with van der Waals surface area (Å²) in [5, 5.41) is 0. The SMILES string of the molecule is CC.Cc1ccc(-c2ncc(C)n2Cc2ccccc2Br)cc1. The zero-order valence-corrected chi connectivity index (χ0v) is 15.8. The summed E-state index contributed by atoms with van der Waals surface area (Å²) in [4.78, 5) is 4.59. The van der Waals surface area contributed by atoms with Crippen LogP contribution in [0.25, 0.3) is 11.4 Å². The monoisotopic (exact) mass is 370 g/mol. The van der Waals surface area contributed by atoms with Crippen LogP contribution in [0.15, 0.2) is 59.2 Å². The van der Waals surface area contributed by atoms with Crippen LogP contribution in [0.1, 0.15) is 30.7 Å². The number of halogens is 1. The number of nitrogens with zero attached hydrogens (tertiary/aromatic N) is 2. The molecule has 0 N–H and O–H groups in total. The van der Waals surface area contributed by atoms with E-state index >= 15 is 0 Å². The smallest absolute Gasteiger partial charge is 0.140 e. The third kappa shape index (κ3) is 4.11. The lowest BCUT2D eigenvalue weighted by atomic mass is 10.1. The second-order valence-electron chi connectivity index (χ2n) is 5.27. The van der Waals surface area contributed by atoms with Crippen LogP contribution in [0, 0.1) is 13.8 Å². The second-order valence-corrected chi connectivity index (χ2v) is 6.12. The number of hydrogen-bond acceptors (Lipinski definition) is 1. The Morgan fingerprint density at radius 2 is 1.61 bits per heavy atom. The van der Waals surface area contributed by atoms with E-state index in [-0.39, 0.29) is 0 Å². The number of rotatable bonds is 3. The molecule has 0 fully saturated rings. The highest BCUT2D eigenvalue weighted by atomic mass is 79.9. The number of aryl methyl sites for hydroxylation is 2. The van der Waals surface area contributed by atoms with Gasteiger partial charge >= 0.3 is 0 Å². The Hall–Kier alpha value is -1.87. The van der Waals surface area contributed by atoms with Gasteiger partial charge in [-0.15, -0.1) is 0 Å². The first-order valence-electron chi connectivity index (χ1n) is 7.98. The molecule has 0 atom stereocenters. The Bertz CT molecular complexity index is 758. The van der Waals surface area contributed by atoms with Gasteiger partial charge in [-0.2, -0.15) is 0 Å². The van der Waals surface area contributed by atoms with E-state index in [0.717, 1.165) is 22.4 Å². The first-order valence-corrected chi connectivity index (χ1v) is 8.77. The predicted molar refractivity (Wildman–Crippen MR) is 102 cm³/mol. The highest BCUT2D eigenvalue weighted by Gasteiger charge is 2.10. The van der Waals surface area contributed by atoms with Crippen molar-refractivity contribution in [1.82, 2.24) is 9.55 Å². The van der Waals surface area contributed by atoms with E-state index in [9.17, 15) is 0 Å². The number of benzene rings is 2. The molecule has 23 heavy (non-hydrogen) atoms. The van der Waals surface area contributed by atoms with Crippen LogP contribution < -0.4 is 0 Å². The molecule has 1 heterocycles. The quantitative estimate of drug-likeness (QED) is 0.552. The summed E-state index contributed by atoms with van der Waals surface area (Å²) in [6.45, 7) is 9.01. The second kappa shape index (κ2) is 8.11. The van der Waals surface area contributed by atoms with Crippen molar-refractivity contribution in [2.45, 2.75) is 34.2 Å². The van der Waals surface area contributed by atoms with Crippen LogP contribution in [0.4, 0.5) is 0 Å². The Morgan fingerprint density at radius 3 is 2.26 bits per heavy atom. The molecular weight excluding hydrogens is 348 g/mol. The summed E-state index contributed by atoms with van der Waals surface area (Å²) in [7, 11) is 0. The molecule has 0 aliphatic heterocycles. The fourth-order valence-electron chi connectivity index (χ4n) is 2.39. The van der Waals surface area contributed by atoms with Gasteiger partial charge in [0, 0.05) is 21.9 Å². The maximum Gasteiger partial charge on any atom is 0.140 e. The normalized spacial score (nSPS) is 10.1. The lowest BCUT2D eigenvalue weighted by molar-refractivity contribution is 0.776. The number of aromatic nitrogens is 2. The average Bonchev–Trinajstić information content (AvgIpc) is 2.93. The van der Waals surface area contributed by atoms with Crippen LogP contribution in [-0.2, 0) is 6.54 Å². The van der Waals surface area contributed by atoms with Crippen molar-refractivity contribution in [1.29, 1.82) is 0 Å².